The van der Waals surface area contributed by atoms with Gasteiger partial charge in [-0.2, -0.15) is 0 Å². The van der Waals surface area contributed by atoms with Crippen molar-refractivity contribution < 1.29 is 4.79 Å². The predicted octanol–water partition coefficient (Wildman–Crippen LogP) is 4.01. The summed E-state index contributed by atoms with van der Waals surface area (Å²) in [5.74, 6) is 0.477. The van der Waals surface area contributed by atoms with E-state index < -0.39 is 0 Å². The first-order valence-electron chi connectivity index (χ1n) is 8.61. The quantitative estimate of drug-likeness (QED) is 0.719. The first kappa shape index (κ1) is 17.9. The normalized spacial score (nSPS) is 10.5. The van der Waals surface area contributed by atoms with Crippen LogP contribution in [0.25, 0.3) is 0 Å². The lowest BCUT2D eigenvalue weighted by atomic mass is 10.1. The lowest BCUT2D eigenvalue weighted by Gasteiger charge is -2.13. The van der Waals surface area contributed by atoms with Crippen LogP contribution in [0.5, 0.6) is 0 Å². The van der Waals surface area contributed by atoms with Crippen molar-refractivity contribution in [3.05, 3.63) is 47.4 Å². The number of carbonyl (C=O) groups is 1. The zero-order valence-electron chi connectivity index (χ0n) is 14.7. The highest BCUT2D eigenvalue weighted by Gasteiger charge is 2.10. The fraction of sp³-hybridized carbons (Fsp3) is 0.421. The van der Waals surface area contributed by atoms with Crippen LogP contribution in [-0.4, -0.2) is 22.4 Å². The molecule has 0 aliphatic carbocycles. The second-order valence-corrected chi connectivity index (χ2v) is 5.84. The summed E-state index contributed by atoms with van der Waals surface area (Å²) in [5.41, 5.74) is 3.81. The number of anilines is 2. The first-order chi connectivity index (χ1) is 11.7. The van der Waals surface area contributed by atoms with Crippen LogP contribution in [0.15, 0.2) is 30.6 Å². The van der Waals surface area contributed by atoms with Gasteiger partial charge in [0, 0.05) is 18.3 Å². The number of hydrogen-bond donors (Lipinski definition) is 2. The number of amides is 1. The summed E-state index contributed by atoms with van der Waals surface area (Å²) in [7, 11) is 0. The molecule has 24 heavy (non-hydrogen) atoms. The monoisotopic (exact) mass is 326 g/mol. The molecule has 128 valence electrons. The number of nitrogens with one attached hydrogen (secondary N) is 2. The van der Waals surface area contributed by atoms with Gasteiger partial charge in [-0.25, -0.2) is 9.97 Å². The maximum atomic E-state index is 12.2. The summed E-state index contributed by atoms with van der Waals surface area (Å²) >= 11 is 0. The van der Waals surface area contributed by atoms with E-state index in [1.807, 2.05) is 0 Å². The largest absolute Gasteiger partial charge is 0.351 e. The van der Waals surface area contributed by atoms with Crippen molar-refractivity contribution in [1.82, 2.24) is 15.3 Å². The molecule has 2 N–H and O–H groups in total. The van der Waals surface area contributed by atoms with Gasteiger partial charge in [-0.1, -0.05) is 44.9 Å². The molecule has 5 nitrogen and oxygen atoms in total. The van der Waals surface area contributed by atoms with E-state index in [0.29, 0.717) is 18.1 Å². The van der Waals surface area contributed by atoms with E-state index in [2.05, 4.69) is 59.6 Å². The summed E-state index contributed by atoms with van der Waals surface area (Å²) in [6, 6.07) is 7.90. The highest BCUT2D eigenvalue weighted by molar-refractivity contribution is 5.93. The van der Waals surface area contributed by atoms with Gasteiger partial charge in [0.15, 0.2) is 0 Å². The Balaban J connectivity index is 2.09. The fourth-order valence-electron chi connectivity index (χ4n) is 2.55. The highest BCUT2D eigenvalue weighted by atomic mass is 16.1. The van der Waals surface area contributed by atoms with E-state index in [1.165, 1.54) is 11.9 Å². The van der Waals surface area contributed by atoms with E-state index in [-0.39, 0.29) is 5.91 Å². The molecule has 1 aromatic heterocycles. The minimum atomic E-state index is -0.156. The molecule has 0 saturated heterocycles. The predicted molar refractivity (Wildman–Crippen MR) is 97.7 cm³/mol. The average Bonchev–Trinajstić information content (AvgIpc) is 2.60. The smallest absolute Gasteiger partial charge is 0.270 e. The van der Waals surface area contributed by atoms with Crippen LogP contribution in [0, 0.1) is 6.92 Å². The van der Waals surface area contributed by atoms with Gasteiger partial charge in [-0.3, -0.25) is 4.79 Å². The third-order valence-electron chi connectivity index (χ3n) is 3.96. The molecule has 0 fully saturated rings. The van der Waals surface area contributed by atoms with Crippen molar-refractivity contribution in [1.29, 1.82) is 0 Å². The first-order valence-corrected chi connectivity index (χ1v) is 8.61. The number of carbonyl (C=O) groups excluding carboxylic acids is 1. The Kier molecular flexibility index (Phi) is 6.73. The van der Waals surface area contributed by atoms with Gasteiger partial charge in [0.25, 0.3) is 5.91 Å². The zero-order valence-corrected chi connectivity index (χ0v) is 14.7. The molecular weight excluding hydrogens is 300 g/mol. The summed E-state index contributed by atoms with van der Waals surface area (Å²) in [5, 5.41) is 6.23. The molecule has 2 rings (SSSR count). The molecular formula is C19H26N4O. The molecule has 0 atom stereocenters. The maximum absolute atomic E-state index is 12.2. The molecule has 5 heteroatoms. The van der Waals surface area contributed by atoms with Gasteiger partial charge < -0.3 is 10.6 Å². The van der Waals surface area contributed by atoms with Crippen molar-refractivity contribution in [3.63, 3.8) is 0 Å². The number of aromatic nitrogens is 2. The second kappa shape index (κ2) is 9.01. The lowest BCUT2D eigenvalue weighted by molar-refractivity contribution is 0.0948. The van der Waals surface area contributed by atoms with Crippen LogP contribution in [0.2, 0.25) is 0 Å². The molecule has 0 unspecified atom stereocenters. The maximum Gasteiger partial charge on any atom is 0.270 e. The van der Waals surface area contributed by atoms with Gasteiger partial charge in [0.1, 0.15) is 17.8 Å². The summed E-state index contributed by atoms with van der Waals surface area (Å²) in [6.07, 6.45) is 5.59. The second-order valence-electron chi connectivity index (χ2n) is 5.84. The Bertz CT molecular complexity index is 685. The van der Waals surface area contributed by atoms with Crippen molar-refractivity contribution in [2.75, 3.05) is 11.9 Å². The summed E-state index contributed by atoms with van der Waals surface area (Å²) in [4.78, 5) is 20.5. The van der Waals surface area contributed by atoms with Crippen LogP contribution in [-0.2, 0) is 6.42 Å². The molecule has 0 saturated carbocycles. The van der Waals surface area contributed by atoms with Crippen LogP contribution in [0.1, 0.15) is 54.7 Å². The van der Waals surface area contributed by atoms with E-state index in [0.717, 1.165) is 36.9 Å². The molecule has 1 aromatic carbocycles. The number of hydrogen-bond acceptors (Lipinski definition) is 4. The molecule has 0 aliphatic rings. The van der Waals surface area contributed by atoms with Crippen molar-refractivity contribution in [3.8, 4) is 0 Å². The van der Waals surface area contributed by atoms with Crippen LogP contribution >= 0.6 is 0 Å². The van der Waals surface area contributed by atoms with E-state index in [9.17, 15) is 4.79 Å². The molecule has 0 bridgehead atoms. The number of nitrogens with zero attached hydrogens (tertiary/aromatic N) is 2. The van der Waals surface area contributed by atoms with Crippen molar-refractivity contribution in [2.24, 2.45) is 0 Å². The lowest BCUT2D eigenvalue weighted by Crippen LogP contribution is -2.25. The van der Waals surface area contributed by atoms with E-state index in [4.69, 9.17) is 0 Å². The van der Waals surface area contributed by atoms with Crippen LogP contribution in [0.4, 0.5) is 11.5 Å². The Hall–Kier alpha value is -2.43. The fourth-order valence-corrected chi connectivity index (χ4v) is 2.55. The summed E-state index contributed by atoms with van der Waals surface area (Å²) in [6.45, 7) is 7.00. The Morgan fingerprint density at radius 3 is 2.75 bits per heavy atom. The van der Waals surface area contributed by atoms with E-state index >= 15 is 0 Å². The Labute approximate surface area is 143 Å². The molecule has 0 radical (unpaired) electrons. The number of para-hydroxylation sites is 1. The molecule has 2 aromatic rings. The van der Waals surface area contributed by atoms with Crippen LogP contribution < -0.4 is 10.6 Å². The Morgan fingerprint density at radius 1 is 1.17 bits per heavy atom. The molecule has 1 heterocycles. The summed E-state index contributed by atoms with van der Waals surface area (Å²) < 4.78 is 0. The average molecular weight is 326 g/mol. The van der Waals surface area contributed by atoms with Crippen LogP contribution in [0.3, 0.4) is 0 Å². The van der Waals surface area contributed by atoms with Gasteiger partial charge >= 0.3 is 0 Å². The van der Waals surface area contributed by atoms with E-state index in [1.54, 1.807) is 6.07 Å². The van der Waals surface area contributed by atoms with Crippen molar-refractivity contribution >= 4 is 17.4 Å². The number of unbranched alkanes of at least 4 members (excludes halogenated alkanes) is 2. The van der Waals surface area contributed by atoms with Gasteiger partial charge in [-0.05, 0) is 30.9 Å². The molecule has 1 amide bonds. The minimum Gasteiger partial charge on any atom is -0.351 e. The van der Waals surface area contributed by atoms with Gasteiger partial charge in [0.2, 0.25) is 0 Å². The van der Waals surface area contributed by atoms with Crippen molar-refractivity contribution in [2.45, 2.75) is 46.5 Å². The molecule has 0 aliphatic heterocycles. The third kappa shape index (κ3) is 4.78. The Morgan fingerprint density at radius 2 is 2.00 bits per heavy atom. The highest BCUT2D eigenvalue weighted by Crippen LogP contribution is 2.24. The number of rotatable bonds is 8. The number of aryl methyl sites for hydroxylation is 2. The topological polar surface area (TPSA) is 66.9 Å². The zero-order chi connectivity index (χ0) is 17.4. The standard InChI is InChI=1S/C19H26N4O/c1-4-6-7-11-20-19(24)16-12-17(22-13-21-16)23-18-14(3)9-8-10-15(18)5-2/h8-10,12-13H,4-7,11H2,1-3H3,(H,20,24)(H,21,22,23). The van der Waals surface area contributed by atoms with Gasteiger partial charge in [-0.15, -0.1) is 0 Å². The molecule has 0 spiro atoms. The number of benzene rings is 1. The minimum absolute atomic E-state index is 0.156. The van der Waals surface area contributed by atoms with Gasteiger partial charge in [0.05, 0.1) is 0 Å². The SMILES string of the molecule is CCCCCNC(=O)c1cc(Nc2c(C)cccc2CC)ncn1. The third-order valence-corrected chi connectivity index (χ3v) is 3.96.